The van der Waals surface area contributed by atoms with Crippen LogP contribution in [-0.4, -0.2) is 11.8 Å². The van der Waals surface area contributed by atoms with Crippen LogP contribution in [-0.2, 0) is 9.59 Å². The molecule has 1 N–H and O–H groups in total. The Labute approximate surface area is 176 Å². The SMILES string of the molecule is Cc1ccc(C2=C(Nc3ccc(C)c(C)c3)C(=O)N(c3ccc(C)cc3)C2=O)cc1. The molecule has 0 bridgehead atoms. The van der Waals surface area contributed by atoms with Crippen molar-refractivity contribution in [2.45, 2.75) is 27.7 Å². The number of nitrogens with one attached hydrogen (secondary N) is 1. The molecule has 0 radical (unpaired) electrons. The molecule has 1 aliphatic heterocycles. The van der Waals surface area contributed by atoms with Crippen molar-refractivity contribution in [1.29, 1.82) is 0 Å². The molecule has 3 aromatic carbocycles. The first-order valence-electron chi connectivity index (χ1n) is 9.96. The Hall–Kier alpha value is -3.66. The summed E-state index contributed by atoms with van der Waals surface area (Å²) in [4.78, 5) is 28.1. The highest BCUT2D eigenvalue weighted by atomic mass is 16.2. The lowest BCUT2D eigenvalue weighted by atomic mass is 10.0. The highest BCUT2D eigenvalue weighted by molar-refractivity contribution is 6.46. The van der Waals surface area contributed by atoms with E-state index in [1.165, 1.54) is 10.5 Å². The number of nitrogens with zero attached hydrogens (tertiary/aromatic N) is 1. The van der Waals surface area contributed by atoms with Gasteiger partial charge in [-0.15, -0.1) is 0 Å². The normalized spacial score (nSPS) is 13.9. The van der Waals surface area contributed by atoms with Gasteiger partial charge < -0.3 is 5.32 Å². The zero-order valence-corrected chi connectivity index (χ0v) is 17.6. The van der Waals surface area contributed by atoms with Crippen molar-refractivity contribution in [2.75, 3.05) is 10.2 Å². The largest absolute Gasteiger partial charge is 0.350 e. The number of aryl methyl sites for hydroxylation is 4. The second-order valence-corrected chi connectivity index (χ2v) is 7.82. The predicted octanol–water partition coefficient (Wildman–Crippen LogP) is 5.32. The Morgan fingerprint density at radius 2 is 1.27 bits per heavy atom. The summed E-state index contributed by atoms with van der Waals surface area (Å²) in [7, 11) is 0. The van der Waals surface area contributed by atoms with Crippen LogP contribution in [0.15, 0.2) is 72.4 Å². The van der Waals surface area contributed by atoms with Gasteiger partial charge in [-0.3, -0.25) is 9.59 Å². The molecule has 0 saturated carbocycles. The molecule has 30 heavy (non-hydrogen) atoms. The zero-order chi connectivity index (χ0) is 21.4. The number of carbonyl (C=O) groups is 2. The Kier molecular flexibility index (Phi) is 5.00. The summed E-state index contributed by atoms with van der Waals surface area (Å²) < 4.78 is 0. The molecule has 0 aliphatic carbocycles. The van der Waals surface area contributed by atoms with Gasteiger partial charge >= 0.3 is 0 Å². The van der Waals surface area contributed by atoms with Crippen LogP contribution in [0, 0.1) is 27.7 Å². The predicted molar refractivity (Wildman–Crippen MR) is 121 cm³/mol. The average Bonchev–Trinajstić information content (AvgIpc) is 2.96. The Balaban J connectivity index is 1.82. The fourth-order valence-electron chi connectivity index (χ4n) is 3.53. The summed E-state index contributed by atoms with van der Waals surface area (Å²) in [5, 5.41) is 3.23. The highest BCUT2D eigenvalue weighted by Gasteiger charge is 2.40. The number of benzene rings is 3. The van der Waals surface area contributed by atoms with Gasteiger partial charge in [0.2, 0.25) is 0 Å². The topological polar surface area (TPSA) is 49.4 Å². The molecule has 4 rings (SSSR count). The van der Waals surface area contributed by atoms with E-state index < -0.39 is 0 Å². The third-order valence-corrected chi connectivity index (χ3v) is 5.49. The number of imide groups is 1. The minimum absolute atomic E-state index is 0.299. The van der Waals surface area contributed by atoms with Crippen molar-refractivity contribution in [3.63, 3.8) is 0 Å². The van der Waals surface area contributed by atoms with Crippen LogP contribution in [0.3, 0.4) is 0 Å². The van der Waals surface area contributed by atoms with E-state index in [9.17, 15) is 9.59 Å². The van der Waals surface area contributed by atoms with E-state index in [0.29, 0.717) is 17.0 Å². The number of hydrogen-bond acceptors (Lipinski definition) is 3. The molecule has 2 amide bonds. The van der Waals surface area contributed by atoms with Gasteiger partial charge in [-0.2, -0.15) is 0 Å². The molecule has 4 nitrogen and oxygen atoms in total. The lowest BCUT2D eigenvalue weighted by Gasteiger charge is -2.16. The third-order valence-electron chi connectivity index (χ3n) is 5.49. The van der Waals surface area contributed by atoms with Gasteiger partial charge in [-0.05, 0) is 68.7 Å². The van der Waals surface area contributed by atoms with E-state index in [2.05, 4.69) is 5.32 Å². The molecule has 0 aromatic heterocycles. The Morgan fingerprint density at radius 3 is 1.87 bits per heavy atom. The average molecular weight is 396 g/mol. The highest BCUT2D eigenvalue weighted by Crippen LogP contribution is 2.34. The first-order chi connectivity index (χ1) is 14.3. The van der Waals surface area contributed by atoms with Crippen molar-refractivity contribution in [3.05, 3.63) is 100 Å². The number of anilines is 2. The second-order valence-electron chi connectivity index (χ2n) is 7.82. The van der Waals surface area contributed by atoms with Gasteiger partial charge in [0.15, 0.2) is 0 Å². The monoisotopic (exact) mass is 396 g/mol. The third kappa shape index (κ3) is 3.52. The molecular formula is C26H24N2O2. The van der Waals surface area contributed by atoms with Gasteiger partial charge in [0.25, 0.3) is 11.8 Å². The maximum atomic E-state index is 13.4. The number of hydrogen-bond donors (Lipinski definition) is 1. The number of rotatable bonds is 4. The van der Waals surface area contributed by atoms with Gasteiger partial charge in [-0.25, -0.2) is 4.90 Å². The molecule has 0 fully saturated rings. The maximum absolute atomic E-state index is 13.4. The molecule has 0 atom stereocenters. The van der Waals surface area contributed by atoms with Crippen LogP contribution in [0.4, 0.5) is 11.4 Å². The molecule has 0 saturated heterocycles. The molecule has 0 spiro atoms. The molecule has 3 aromatic rings. The van der Waals surface area contributed by atoms with E-state index >= 15 is 0 Å². The van der Waals surface area contributed by atoms with Gasteiger partial charge in [0.1, 0.15) is 5.70 Å². The Morgan fingerprint density at radius 1 is 0.667 bits per heavy atom. The summed E-state index contributed by atoms with van der Waals surface area (Å²) in [6, 6.07) is 21.0. The number of carbonyl (C=O) groups excluding carboxylic acids is 2. The van der Waals surface area contributed by atoms with Crippen LogP contribution < -0.4 is 10.2 Å². The van der Waals surface area contributed by atoms with Crippen LogP contribution in [0.25, 0.3) is 5.57 Å². The molecule has 0 unspecified atom stereocenters. The molecule has 1 aliphatic rings. The summed E-state index contributed by atoms with van der Waals surface area (Å²) in [6.45, 7) is 8.03. The first-order valence-corrected chi connectivity index (χ1v) is 9.96. The van der Waals surface area contributed by atoms with Crippen LogP contribution in [0.1, 0.15) is 27.8 Å². The van der Waals surface area contributed by atoms with Crippen molar-refractivity contribution < 1.29 is 9.59 Å². The van der Waals surface area contributed by atoms with Crippen LogP contribution in [0.2, 0.25) is 0 Å². The van der Waals surface area contributed by atoms with E-state index in [1.54, 1.807) is 12.1 Å². The summed E-state index contributed by atoms with van der Waals surface area (Å²) in [5.74, 6) is -0.670. The zero-order valence-electron chi connectivity index (χ0n) is 17.6. The minimum atomic E-state index is -0.349. The maximum Gasteiger partial charge on any atom is 0.282 e. The standard InChI is InChI=1S/C26H24N2O2/c1-16-5-10-20(11-6-16)23-24(27-21-12-9-18(3)19(4)15-21)26(30)28(25(23)29)22-13-7-17(2)8-14-22/h5-15,27H,1-4H3. The van der Waals surface area contributed by atoms with Crippen LogP contribution >= 0.6 is 0 Å². The molecule has 150 valence electrons. The van der Waals surface area contributed by atoms with E-state index in [1.807, 2.05) is 82.3 Å². The van der Waals surface area contributed by atoms with E-state index in [-0.39, 0.29) is 11.8 Å². The molecular weight excluding hydrogens is 372 g/mol. The lowest BCUT2D eigenvalue weighted by molar-refractivity contribution is -0.120. The Bertz CT molecular complexity index is 1170. The van der Waals surface area contributed by atoms with Crippen molar-refractivity contribution in [3.8, 4) is 0 Å². The lowest BCUT2D eigenvalue weighted by Crippen LogP contribution is -2.32. The minimum Gasteiger partial charge on any atom is -0.350 e. The summed E-state index contributed by atoms with van der Waals surface area (Å²) in [5.41, 5.74) is 7.20. The van der Waals surface area contributed by atoms with Crippen LogP contribution in [0.5, 0.6) is 0 Å². The molecule has 4 heteroatoms. The fourth-order valence-corrected chi connectivity index (χ4v) is 3.53. The van der Waals surface area contributed by atoms with Gasteiger partial charge in [0, 0.05) is 5.69 Å². The first kappa shape index (κ1) is 19.6. The van der Waals surface area contributed by atoms with E-state index in [0.717, 1.165) is 27.9 Å². The van der Waals surface area contributed by atoms with E-state index in [4.69, 9.17) is 0 Å². The second kappa shape index (κ2) is 7.64. The van der Waals surface area contributed by atoms with Crippen molar-refractivity contribution in [1.82, 2.24) is 0 Å². The smallest absolute Gasteiger partial charge is 0.282 e. The van der Waals surface area contributed by atoms with Crippen molar-refractivity contribution in [2.24, 2.45) is 0 Å². The van der Waals surface area contributed by atoms with Crippen molar-refractivity contribution >= 4 is 28.8 Å². The summed E-state index contributed by atoms with van der Waals surface area (Å²) >= 11 is 0. The van der Waals surface area contributed by atoms with Gasteiger partial charge in [0.05, 0.1) is 11.3 Å². The fraction of sp³-hybridized carbons (Fsp3) is 0.154. The van der Waals surface area contributed by atoms with Gasteiger partial charge in [-0.1, -0.05) is 53.6 Å². The molecule has 1 heterocycles. The summed E-state index contributed by atoms with van der Waals surface area (Å²) in [6.07, 6.45) is 0. The number of amides is 2. The quantitative estimate of drug-likeness (QED) is 0.608.